The molecule has 1 atom stereocenters. The van der Waals surface area contributed by atoms with Crippen molar-refractivity contribution >= 4 is 0 Å². The van der Waals surface area contributed by atoms with Crippen LogP contribution in [0.3, 0.4) is 0 Å². The van der Waals surface area contributed by atoms with Gasteiger partial charge in [0, 0.05) is 0 Å². The molecule has 2 rings (SSSR count). The number of rotatable bonds is 1. The van der Waals surface area contributed by atoms with E-state index in [4.69, 9.17) is 0 Å². The van der Waals surface area contributed by atoms with Gasteiger partial charge in [-0.3, -0.25) is 4.98 Å². The van der Waals surface area contributed by atoms with E-state index in [0.29, 0.717) is 11.4 Å². The third kappa shape index (κ3) is 1.56. The van der Waals surface area contributed by atoms with E-state index in [1.165, 1.54) is 0 Å². The summed E-state index contributed by atoms with van der Waals surface area (Å²) in [6.07, 6.45) is 2.20. The lowest BCUT2D eigenvalue weighted by atomic mass is 9.93. The summed E-state index contributed by atoms with van der Waals surface area (Å²) in [4.78, 5) is 4.09. The summed E-state index contributed by atoms with van der Waals surface area (Å²) in [5, 5.41) is 9.60. The topological polar surface area (TPSA) is 33.1 Å². The molecule has 1 aliphatic carbocycles. The van der Waals surface area contributed by atoms with Crippen molar-refractivity contribution in [1.29, 1.82) is 0 Å². The highest BCUT2D eigenvalue weighted by atomic mass is 19.1. The fourth-order valence-electron chi connectivity index (χ4n) is 1.74. The van der Waals surface area contributed by atoms with Crippen molar-refractivity contribution < 1.29 is 9.50 Å². The Morgan fingerprint density at radius 2 is 2.38 bits per heavy atom. The van der Waals surface area contributed by atoms with Crippen LogP contribution in [0.5, 0.6) is 0 Å². The molecule has 2 nitrogen and oxygen atoms in total. The van der Waals surface area contributed by atoms with E-state index in [1.807, 2.05) is 6.07 Å². The van der Waals surface area contributed by atoms with Crippen molar-refractivity contribution in [3.05, 3.63) is 29.1 Å². The summed E-state index contributed by atoms with van der Waals surface area (Å²) in [5.41, 5.74) is 2.16. The molecule has 70 valence electrons. The summed E-state index contributed by atoms with van der Waals surface area (Å²) < 4.78 is 12.3. The molecule has 1 aliphatic rings. The zero-order valence-electron chi connectivity index (χ0n) is 7.33. The Morgan fingerprint density at radius 1 is 1.54 bits per heavy atom. The van der Waals surface area contributed by atoms with Crippen molar-refractivity contribution in [3.63, 3.8) is 0 Å². The Balaban J connectivity index is 2.41. The molecule has 0 radical (unpaired) electrons. The molecular formula is C10H12FNO. The molecule has 1 N–H and O–H groups in total. The molecule has 1 heterocycles. The highest BCUT2D eigenvalue weighted by Crippen LogP contribution is 2.27. The van der Waals surface area contributed by atoms with E-state index in [-0.39, 0.29) is 0 Å². The molecule has 1 aromatic rings. The van der Waals surface area contributed by atoms with Crippen molar-refractivity contribution in [1.82, 2.24) is 4.98 Å². The number of aliphatic hydroxyl groups excluding tert-OH is 1. The number of halogens is 1. The quantitative estimate of drug-likeness (QED) is 0.718. The molecule has 1 aromatic heterocycles. The number of hydrogen-bond donors (Lipinski definition) is 1. The van der Waals surface area contributed by atoms with Crippen LogP contribution in [-0.2, 0) is 13.1 Å². The predicted molar refractivity (Wildman–Crippen MR) is 46.9 cm³/mol. The number of hydrogen-bond acceptors (Lipinski definition) is 2. The average Bonchev–Trinajstić information content (AvgIpc) is 2.18. The molecule has 1 unspecified atom stereocenters. The van der Waals surface area contributed by atoms with Crippen molar-refractivity contribution in [3.8, 4) is 0 Å². The first-order valence-corrected chi connectivity index (χ1v) is 4.54. The van der Waals surface area contributed by atoms with Crippen LogP contribution in [0, 0.1) is 0 Å². The number of alkyl halides is 1. The molecule has 0 bridgehead atoms. The number of aliphatic hydroxyl groups is 1. The molecule has 13 heavy (non-hydrogen) atoms. The van der Waals surface area contributed by atoms with Crippen LogP contribution in [0.1, 0.15) is 35.9 Å². The maximum atomic E-state index is 12.3. The van der Waals surface area contributed by atoms with Crippen LogP contribution >= 0.6 is 0 Å². The number of pyridine rings is 1. The average molecular weight is 181 g/mol. The summed E-state index contributed by atoms with van der Waals surface area (Å²) in [6.45, 7) is -0.556. The van der Waals surface area contributed by atoms with Crippen LogP contribution in [0.4, 0.5) is 4.39 Å². The van der Waals surface area contributed by atoms with Crippen LogP contribution in [-0.4, -0.2) is 10.1 Å². The van der Waals surface area contributed by atoms with Gasteiger partial charge in [-0.25, -0.2) is 4.39 Å². The second-order valence-electron chi connectivity index (χ2n) is 3.39. The second kappa shape index (κ2) is 3.42. The lowest BCUT2D eigenvalue weighted by molar-refractivity contribution is 0.151. The first kappa shape index (κ1) is 8.63. The second-order valence-corrected chi connectivity index (χ2v) is 3.39. The number of aromatic nitrogens is 1. The Morgan fingerprint density at radius 3 is 3.15 bits per heavy atom. The van der Waals surface area contributed by atoms with E-state index >= 15 is 0 Å². The van der Waals surface area contributed by atoms with Crippen LogP contribution in [0.25, 0.3) is 0 Å². The number of nitrogens with zero attached hydrogens (tertiary/aromatic N) is 1. The molecule has 0 saturated carbocycles. The molecule has 0 fully saturated rings. The molecule has 0 saturated heterocycles. The van der Waals surface area contributed by atoms with Crippen molar-refractivity contribution in [2.75, 3.05) is 0 Å². The minimum absolute atomic E-state index is 0.416. The Labute approximate surface area is 76.4 Å². The molecule has 0 spiro atoms. The van der Waals surface area contributed by atoms with Gasteiger partial charge in [0.15, 0.2) is 0 Å². The maximum Gasteiger partial charge on any atom is 0.131 e. The number of aryl methyl sites for hydroxylation is 1. The van der Waals surface area contributed by atoms with Gasteiger partial charge < -0.3 is 5.11 Å². The fourth-order valence-corrected chi connectivity index (χ4v) is 1.74. The van der Waals surface area contributed by atoms with E-state index in [1.54, 1.807) is 6.07 Å². The van der Waals surface area contributed by atoms with E-state index < -0.39 is 12.8 Å². The van der Waals surface area contributed by atoms with Gasteiger partial charge in [0.25, 0.3) is 0 Å². The summed E-state index contributed by atoms with van der Waals surface area (Å²) in [7, 11) is 0. The normalized spacial score (nSPS) is 21.2. The molecule has 0 aliphatic heterocycles. The van der Waals surface area contributed by atoms with Gasteiger partial charge >= 0.3 is 0 Å². The van der Waals surface area contributed by atoms with Gasteiger partial charge in [0.05, 0.1) is 17.5 Å². The van der Waals surface area contributed by atoms with Crippen molar-refractivity contribution in [2.45, 2.75) is 32.0 Å². The predicted octanol–water partition coefficient (Wildman–Crippen LogP) is 1.92. The third-order valence-electron chi connectivity index (χ3n) is 2.45. The highest BCUT2D eigenvalue weighted by Gasteiger charge is 2.19. The fraction of sp³-hybridized carbons (Fsp3) is 0.500. The highest BCUT2D eigenvalue weighted by molar-refractivity contribution is 5.26. The molecule has 3 heteroatoms. The van der Waals surface area contributed by atoms with Gasteiger partial charge in [0.1, 0.15) is 6.67 Å². The van der Waals surface area contributed by atoms with Crippen LogP contribution < -0.4 is 0 Å². The van der Waals surface area contributed by atoms with Crippen LogP contribution in [0.15, 0.2) is 12.1 Å². The summed E-state index contributed by atoms with van der Waals surface area (Å²) in [6, 6.07) is 3.57. The third-order valence-corrected chi connectivity index (χ3v) is 2.45. The zero-order chi connectivity index (χ0) is 9.26. The van der Waals surface area contributed by atoms with E-state index in [9.17, 15) is 9.50 Å². The summed E-state index contributed by atoms with van der Waals surface area (Å²) in [5.74, 6) is 0. The minimum Gasteiger partial charge on any atom is -0.387 e. The van der Waals surface area contributed by atoms with Crippen molar-refractivity contribution in [2.24, 2.45) is 0 Å². The van der Waals surface area contributed by atoms with Gasteiger partial charge in [0.2, 0.25) is 0 Å². The minimum atomic E-state index is -0.556. The van der Waals surface area contributed by atoms with Gasteiger partial charge in [-0.2, -0.15) is 0 Å². The molecular weight excluding hydrogens is 169 g/mol. The first-order chi connectivity index (χ1) is 6.31. The van der Waals surface area contributed by atoms with Crippen LogP contribution in [0.2, 0.25) is 0 Å². The Kier molecular flexibility index (Phi) is 2.27. The van der Waals surface area contributed by atoms with Gasteiger partial charge in [-0.1, -0.05) is 6.07 Å². The standard InChI is InChI=1S/C10H12FNO/c11-6-8-5-4-7-2-1-3-9(13)10(7)12-8/h4-5,9,13H,1-3,6H2. The maximum absolute atomic E-state index is 12.3. The zero-order valence-corrected chi connectivity index (χ0v) is 7.33. The number of fused-ring (bicyclic) bond motifs is 1. The molecule has 0 aromatic carbocycles. The van der Waals surface area contributed by atoms with Gasteiger partial charge in [-0.15, -0.1) is 0 Å². The first-order valence-electron chi connectivity index (χ1n) is 4.54. The monoisotopic (exact) mass is 181 g/mol. The summed E-state index contributed by atoms with van der Waals surface area (Å²) >= 11 is 0. The Hall–Kier alpha value is -0.960. The largest absolute Gasteiger partial charge is 0.387 e. The van der Waals surface area contributed by atoms with E-state index in [0.717, 1.165) is 24.8 Å². The Bertz CT molecular complexity index is 314. The smallest absolute Gasteiger partial charge is 0.131 e. The lowest BCUT2D eigenvalue weighted by Crippen LogP contribution is -2.12. The van der Waals surface area contributed by atoms with E-state index in [2.05, 4.69) is 4.98 Å². The molecule has 0 amide bonds. The van der Waals surface area contributed by atoms with Gasteiger partial charge in [-0.05, 0) is 30.9 Å². The lowest BCUT2D eigenvalue weighted by Gasteiger charge is -2.20. The SMILES string of the molecule is OC1CCCc2ccc(CF)nc21.